The van der Waals surface area contributed by atoms with Crippen molar-refractivity contribution in [1.29, 1.82) is 0 Å². The highest BCUT2D eigenvalue weighted by molar-refractivity contribution is 7.90. The molecule has 10 nitrogen and oxygen atoms in total. The zero-order chi connectivity index (χ0) is 32.2. The van der Waals surface area contributed by atoms with Crippen LogP contribution in [-0.4, -0.2) is 48.1 Å². The first-order valence-electron chi connectivity index (χ1n) is 14.2. The molecule has 45 heavy (non-hydrogen) atoms. The second-order valence-electron chi connectivity index (χ2n) is 11.3. The van der Waals surface area contributed by atoms with Gasteiger partial charge in [-0.1, -0.05) is 42.5 Å². The quantitative estimate of drug-likeness (QED) is 0.205. The predicted octanol–water partition coefficient (Wildman–Crippen LogP) is 6.02. The van der Waals surface area contributed by atoms with E-state index in [4.69, 9.17) is 9.47 Å². The van der Waals surface area contributed by atoms with Gasteiger partial charge in [-0.3, -0.25) is 4.79 Å². The molecule has 0 radical (unpaired) electrons. The number of nitrogens with zero attached hydrogens (tertiary/aromatic N) is 2. The van der Waals surface area contributed by atoms with Gasteiger partial charge in [0.2, 0.25) is 5.91 Å². The third-order valence-electron chi connectivity index (χ3n) is 6.92. The molecule has 0 bridgehead atoms. The first kappa shape index (κ1) is 31.3. The molecule has 2 amide bonds. The second-order valence-corrected chi connectivity index (χ2v) is 13.2. The Morgan fingerprint density at radius 3 is 2.24 bits per heavy atom. The Morgan fingerprint density at radius 1 is 0.911 bits per heavy atom. The number of aromatic nitrogens is 2. The molecular formula is C34H34N4O6S. The van der Waals surface area contributed by atoms with Gasteiger partial charge in [0.25, 0.3) is 10.0 Å². The third kappa shape index (κ3) is 7.32. The number of ether oxygens (including phenoxy) is 2. The number of carbonyl (C=O) groups is 2. The normalized spacial score (nSPS) is 12.4. The summed E-state index contributed by atoms with van der Waals surface area (Å²) in [7, 11) is -2.26. The van der Waals surface area contributed by atoms with E-state index < -0.39 is 33.7 Å². The van der Waals surface area contributed by atoms with Gasteiger partial charge < -0.3 is 20.1 Å². The minimum Gasteiger partial charge on any atom is -0.497 e. The molecule has 0 unspecified atom stereocenters. The minimum absolute atomic E-state index is 0.168. The number of hydrogen-bond acceptors (Lipinski definition) is 7. The summed E-state index contributed by atoms with van der Waals surface area (Å²) < 4.78 is 38.4. The van der Waals surface area contributed by atoms with Gasteiger partial charge in [-0.05, 0) is 86.0 Å². The number of alkyl carbamates (subject to hydrolysis) is 1. The van der Waals surface area contributed by atoms with Crippen LogP contribution in [-0.2, 0) is 26.0 Å². The van der Waals surface area contributed by atoms with E-state index in [-0.39, 0.29) is 11.3 Å². The molecule has 11 heteroatoms. The van der Waals surface area contributed by atoms with Crippen LogP contribution in [0.5, 0.6) is 5.75 Å². The molecular weight excluding hydrogens is 592 g/mol. The topological polar surface area (TPSA) is 129 Å². The summed E-state index contributed by atoms with van der Waals surface area (Å²) in [6.45, 7) is 5.25. The summed E-state index contributed by atoms with van der Waals surface area (Å²) in [5.41, 5.74) is 2.50. The standard InChI is InChI=1S/C34H34N4O6S/c1-34(2,3)44-33(40)37-30(22-23-10-16-26(43-4)17-11-23)32(39)36-25-14-12-24(13-15-25)28-18-20-35-31-29(28)19-21-38(31)45(41,42)27-8-6-5-7-9-27/h5-21,30H,22H2,1-4H3,(H,36,39)(H,37,40)/t30-/m1/s1. The number of hydrogen-bond donors (Lipinski definition) is 2. The lowest BCUT2D eigenvalue weighted by Crippen LogP contribution is -2.47. The van der Waals surface area contributed by atoms with Crippen LogP contribution >= 0.6 is 0 Å². The van der Waals surface area contributed by atoms with Gasteiger partial charge in [-0.2, -0.15) is 0 Å². The molecule has 2 heterocycles. The van der Waals surface area contributed by atoms with Gasteiger partial charge >= 0.3 is 6.09 Å². The Bertz CT molecular complexity index is 1910. The molecule has 232 valence electrons. The van der Waals surface area contributed by atoms with Gasteiger partial charge in [0.05, 0.1) is 12.0 Å². The molecule has 2 aromatic heterocycles. The minimum atomic E-state index is -3.83. The first-order valence-corrected chi connectivity index (χ1v) is 15.7. The second kappa shape index (κ2) is 12.8. The number of rotatable bonds is 9. The molecule has 0 aliphatic heterocycles. The zero-order valence-electron chi connectivity index (χ0n) is 25.4. The highest BCUT2D eigenvalue weighted by Gasteiger charge is 2.25. The highest BCUT2D eigenvalue weighted by atomic mass is 32.2. The summed E-state index contributed by atoms with van der Waals surface area (Å²) in [5, 5.41) is 6.23. The average Bonchev–Trinajstić information content (AvgIpc) is 3.46. The van der Waals surface area contributed by atoms with E-state index in [0.717, 1.165) is 16.7 Å². The fourth-order valence-corrected chi connectivity index (χ4v) is 6.11. The van der Waals surface area contributed by atoms with E-state index in [1.807, 2.05) is 30.3 Å². The van der Waals surface area contributed by atoms with E-state index in [0.29, 0.717) is 22.5 Å². The monoisotopic (exact) mass is 626 g/mol. The summed E-state index contributed by atoms with van der Waals surface area (Å²) in [4.78, 5) is 30.5. The smallest absolute Gasteiger partial charge is 0.408 e. The van der Waals surface area contributed by atoms with E-state index in [2.05, 4.69) is 15.6 Å². The molecule has 0 saturated carbocycles. The largest absolute Gasteiger partial charge is 0.497 e. The molecule has 3 aromatic carbocycles. The Kier molecular flexibility index (Phi) is 8.92. The fourth-order valence-electron chi connectivity index (χ4n) is 4.79. The van der Waals surface area contributed by atoms with Crippen molar-refractivity contribution in [1.82, 2.24) is 14.3 Å². The molecule has 0 spiro atoms. The van der Waals surface area contributed by atoms with Gasteiger partial charge in [0.1, 0.15) is 17.4 Å². The van der Waals surface area contributed by atoms with Crippen molar-refractivity contribution >= 4 is 38.7 Å². The maximum Gasteiger partial charge on any atom is 0.408 e. The van der Waals surface area contributed by atoms with Crippen LogP contribution in [0.2, 0.25) is 0 Å². The van der Waals surface area contributed by atoms with Gasteiger partial charge in [0.15, 0.2) is 5.65 Å². The number of nitrogens with one attached hydrogen (secondary N) is 2. The molecule has 0 aliphatic rings. The Morgan fingerprint density at radius 2 is 1.60 bits per heavy atom. The van der Waals surface area contributed by atoms with Crippen LogP contribution < -0.4 is 15.4 Å². The Labute approximate surface area is 262 Å². The van der Waals surface area contributed by atoms with Crippen LogP contribution in [0.1, 0.15) is 26.3 Å². The van der Waals surface area contributed by atoms with Crippen molar-refractivity contribution in [2.75, 3.05) is 12.4 Å². The number of carbonyl (C=O) groups excluding carboxylic acids is 2. The lowest BCUT2D eigenvalue weighted by molar-refractivity contribution is -0.118. The first-order chi connectivity index (χ1) is 21.4. The molecule has 5 aromatic rings. The number of fused-ring (bicyclic) bond motifs is 1. The molecule has 1 atom stereocenters. The van der Waals surface area contributed by atoms with Crippen LogP contribution in [0.4, 0.5) is 10.5 Å². The van der Waals surface area contributed by atoms with E-state index in [1.54, 1.807) is 94.7 Å². The van der Waals surface area contributed by atoms with Gasteiger partial charge in [-0.15, -0.1) is 0 Å². The van der Waals surface area contributed by atoms with E-state index in [9.17, 15) is 18.0 Å². The van der Waals surface area contributed by atoms with Crippen molar-refractivity contribution in [2.24, 2.45) is 0 Å². The molecule has 0 aliphatic carbocycles. The van der Waals surface area contributed by atoms with Crippen molar-refractivity contribution in [2.45, 2.75) is 43.7 Å². The number of pyridine rings is 1. The summed E-state index contributed by atoms with van der Waals surface area (Å²) >= 11 is 0. The van der Waals surface area contributed by atoms with E-state index >= 15 is 0 Å². The number of amides is 2. The number of methoxy groups -OCH3 is 1. The summed E-state index contributed by atoms with van der Waals surface area (Å²) in [6, 6.07) is 25.2. The van der Waals surface area contributed by atoms with Crippen molar-refractivity contribution in [3.05, 3.63) is 109 Å². The van der Waals surface area contributed by atoms with Crippen LogP contribution in [0, 0.1) is 0 Å². The molecule has 0 fully saturated rings. The molecule has 2 N–H and O–H groups in total. The average molecular weight is 627 g/mol. The fraction of sp³-hybridized carbons (Fsp3) is 0.206. The van der Waals surface area contributed by atoms with Crippen molar-refractivity contribution in [3.8, 4) is 16.9 Å². The van der Waals surface area contributed by atoms with Crippen LogP contribution in [0.3, 0.4) is 0 Å². The number of anilines is 1. The van der Waals surface area contributed by atoms with Gasteiger partial charge in [-0.25, -0.2) is 22.2 Å². The maximum atomic E-state index is 13.4. The Balaban J connectivity index is 1.36. The maximum absolute atomic E-state index is 13.4. The van der Waals surface area contributed by atoms with Crippen molar-refractivity contribution < 1.29 is 27.5 Å². The lowest BCUT2D eigenvalue weighted by atomic mass is 10.0. The highest BCUT2D eigenvalue weighted by Crippen LogP contribution is 2.31. The SMILES string of the molecule is COc1ccc(C[C@@H](NC(=O)OC(C)(C)C)C(=O)Nc2ccc(-c3ccnc4c3ccn4S(=O)(=O)c3ccccc3)cc2)cc1. The van der Waals surface area contributed by atoms with Crippen LogP contribution in [0.25, 0.3) is 22.2 Å². The molecule has 0 saturated heterocycles. The zero-order valence-corrected chi connectivity index (χ0v) is 26.2. The lowest BCUT2D eigenvalue weighted by Gasteiger charge is -2.23. The van der Waals surface area contributed by atoms with Crippen LogP contribution in [0.15, 0.2) is 108 Å². The number of benzene rings is 3. The van der Waals surface area contributed by atoms with Gasteiger partial charge in [0, 0.05) is 29.9 Å². The molecule has 5 rings (SSSR count). The van der Waals surface area contributed by atoms with E-state index in [1.165, 1.54) is 10.2 Å². The Hall–Kier alpha value is -5.16. The summed E-state index contributed by atoms with van der Waals surface area (Å²) in [6.07, 6.45) is 2.59. The third-order valence-corrected chi connectivity index (χ3v) is 8.60. The summed E-state index contributed by atoms with van der Waals surface area (Å²) in [5.74, 6) is 0.264. The van der Waals surface area contributed by atoms with Crippen molar-refractivity contribution in [3.63, 3.8) is 0 Å². The predicted molar refractivity (Wildman–Crippen MR) is 173 cm³/mol.